The van der Waals surface area contributed by atoms with E-state index < -0.39 is 34.5 Å². The highest BCUT2D eigenvalue weighted by Crippen LogP contribution is 2.34. The highest BCUT2D eigenvalue weighted by molar-refractivity contribution is 7.89. The molecule has 234 valence electrons. The minimum absolute atomic E-state index is 0.0379. The molecule has 2 saturated heterocycles. The summed E-state index contributed by atoms with van der Waals surface area (Å²) >= 11 is 0. The van der Waals surface area contributed by atoms with Crippen molar-refractivity contribution >= 4 is 27.8 Å². The lowest BCUT2D eigenvalue weighted by Gasteiger charge is -2.27. The summed E-state index contributed by atoms with van der Waals surface area (Å²) in [6.45, 7) is 3.15. The second kappa shape index (κ2) is 15.5. The maximum absolute atomic E-state index is 13.1. The van der Waals surface area contributed by atoms with Gasteiger partial charge in [-0.25, -0.2) is 8.42 Å². The fraction of sp³-hybridized carbons (Fsp3) is 0.679. The molecule has 1 unspecified atom stereocenters. The Labute approximate surface area is 246 Å². The molecule has 13 nitrogen and oxygen atoms in total. The topological polar surface area (TPSA) is 184 Å². The van der Waals surface area contributed by atoms with E-state index in [0.29, 0.717) is 17.6 Å². The maximum atomic E-state index is 13.1. The number of hydrogen-bond acceptors (Lipinski definition) is 9. The Kier molecular flexibility index (Phi) is 11.8. The van der Waals surface area contributed by atoms with Crippen LogP contribution in [0.25, 0.3) is 0 Å². The van der Waals surface area contributed by atoms with Crippen LogP contribution >= 0.6 is 0 Å². The van der Waals surface area contributed by atoms with E-state index in [-0.39, 0.29) is 35.8 Å². The number of carbonyl (C=O) groups is 3. The van der Waals surface area contributed by atoms with E-state index in [4.69, 9.17) is 9.47 Å². The summed E-state index contributed by atoms with van der Waals surface area (Å²) < 4.78 is 38.0. The van der Waals surface area contributed by atoms with Crippen molar-refractivity contribution in [1.82, 2.24) is 26.0 Å². The summed E-state index contributed by atoms with van der Waals surface area (Å²) in [6, 6.07) is 2.31. The van der Waals surface area contributed by atoms with Gasteiger partial charge < -0.3 is 35.8 Å². The second-order valence-corrected chi connectivity index (χ2v) is 13.0. The number of sulfonamides is 1. The molecule has 6 N–H and O–H groups in total. The number of rotatable bonds is 15. The number of piperidine rings is 2. The van der Waals surface area contributed by atoms with Crippen molar-refractivity contribution in [1.29, 1.82) is 0 Å². The van der Waals surface area contributed by atoms with Crippen molar-refractivity contribution in [2.45, 2.75) is 62.3 Å². The van der Waals surface area contributed by atoms with Crippen LogP contribution in [-0.2, 0) is 24.4 Å². The first-order valence-electron chi connectivity index (χ1n) is 14.8. The van der Waals surface area contributed by atoms with Crippen molar-refractivity contribution < 1.29 is 37.4 Å². The van der Waals surface area contributed by atoms with Crippen molar-refractivity contribution in [2.75, 3.05) is 46.1 Å². The minimum Gasteiger partial charge on any atom is -0.480 e. The average molecular weight is 610 g/mol. The number of carboxylic acids is 1. The zero-order chi connectivity index (χ0) is 30.0. The van der Waals surface area contributed by atoms with Crippen LogP contribution in [0.5, 0.6) is 11.5 Å². The van der Waals surface area contributed by atoms with Crippen LogP contribution in [0, 0.1) is 17.8 Å². The molecular formula is C28H43N5O8S. The molecule has 0 spiro atoms. The Morgan fingerprint density at radius 2 is 1.50 bits per heavy atom. The number of benzene rings is 1. The average Bonchev–Trinajstić information content (AvgIpc) is 3.47. The third kappa shape index (κ3) is 9.54. The molecule has 14 heteroatoms. The fourth-order valence-corrected chi connectivity index (χ4v) is 6.89. The molecule has 0 saturated carbocycles. The number of aliphatic carboxylic acids is 1. The molecule has 0 aromatic heterocycles. The van der Waals surface area contributed by atoms with Gasteiger partial charge in [0.1, 0.15) is 6.04 Å². The molecule has 3 aliphatic rings. The van der Waals surface area contributed by atoms with Gasteiger partial charge in [-0.2, -0.15) is 4.72 Å². The number of carbonyl (C=O) groups excluding carboxylic acids is 2. The molecule has 3 heterocycles. The Hall–Kier alpha value is -2.94. The standard InChI is InChI=1S/C28H43N5O8S/c34-26(31-16-23(28(36)37)33-42(38,39)22-5-6-24-25(15-22)41-18-40-24)17-32-27(35)21(3-1-19-7-11-29-12-8-19)4-2-20-9-13-30-14-10-20/h5-6,15,19-21,23,29-30,33H,1-4,7-14,16-18H2,(H,31,34)(H,32,35)(H,36,37). The molecule has 42 heavy (non-hydrogen) atoms. The van der Waals surface area contributed by atoms with Crippen LogP contribution in [0.3, 0.4) is 0 Å². The van der Waals surface area contributed by atoms with Crippen LogP contribution in [0.2, 0.25) is 0 Å². The molecular weight excluding hydrogens is 566 g/mol. The van der Waals surface area contributed by atoms with Gasteiger partial charge in [0.15, 0.2) is 11.5 Å². The first kappa shape index (κ1) is 32.0. The molecule has 2 fully saturated rings. The molecule has 4 rings (SSSR count). The Balaban J connectivity index is 1.26. The summed E-state index contributed by atoms with van der Waals surface area (Å²) in [5.41, 5.74) is 0. The summed E-state index contributed by atoms with van der Waals surface area (Å²) in [5.74, 6) is -0.617. The molecule has 3 aliphatic heterocycles. The van der Waals surface area contributed by atoms with E-state index in [1.54, 1.807) is 0 Å². The first-order chi connectivity index (χ1) is 20.2. The summed E-state index contributed by atoms with van der Waals surface area (Å²) in [7, 11) is -4.24. The van der Waals surface area contributed by atoms with Gasteiger partial charge in [-0.1, -0.05) is 0 Å². The second-order valence-electron chi connectivity index (χ2n) is 11.3. The lowest BCUT2D eigenvalue weighted by atomic mass is 9.84. The predicted molar refractivity (Wildman–Crippen MR) is 153 cm³/mol. The predicted octanol–water partition coefficient (Wildman–Crippen LogP) is 0.555. The first-order valence-corrected chi connectivity index (χ1v) is 16.3. The lowest BCUT2D eigenvalue weighted by molar-refractivity contribution is -0.139. The largest absolute Gasteiger partial charge is 0.480 e. The maximum Gasteiger partial charge on any atom is 0.323 e. The van der Waals surface area contributed by atoms with Gasteiger partial charge in [-0.05, 0) is 102 Å². The lowest BCUT2D eigenvalue weighted by Crippen LogP contribution is -2.50. The quantitative estimate of drug-likeness (QED) is 0.164. The SMILES string of the molecule is O=C(CNC(=O)C(CCC1CCNCC1)CCC1CCNCC1)NCC(NS(=O)(=O)c1ccc2c(c1)OCO2)C(=O)O. The van der Waals surface area contributed by atoms with E-state index in [9.17, 15) is 27.9 Å². The monoisotopic (exact) mass is 609 g/mol. The van der Waals surface area contributed by atoms with Crippen molar-refractivity contribution in [3.05, 3.63) is 18.2 Å². The van der Waals surface area contributed by atoms with Gasteiger partial charge in [0.2, 0.25) is 28.6 Å². The highest BCUT2D eigenvalue weighted by atomic mass is 32.2. The van der Waals surface area contributed by atoms with E-state index >= 15 is 0 Å². The third-order valence-electron chi connectivity index (χ3n) is 8.31. The van der Waals surface area contributed by atoms with Gasteiger partial charge in [0.05, 0.1) is 11.4 Å². The molecule has 0 radical (unpaired) electrons. The zero-order valence-electron chi connectivity index (χ0n) is 23.9. The van der Waals surface area contributed by atoms with Gasteiger partial charge in [-0.15, -0.1) is 0 Å². The normalized spacial score (nSPS) is 18.5. The van der Waals surface area contributed by atoms with Gasteiger partial charge >= 0.3 is 5.97 Å². The zero-order valence-corrected chi connectivity index (χ0v) is 24.7. The van der Waals surface area contributed by atoms with Crippen molar-refractivity contribution in [2.24, 2.45) is 17.8 Å². The fourth-order valence-electron chi connectivity index (χ4n) is 5.69. The Morgan fingerprint density at radius 3 is 2.10 bits per heavy atom. The van der Waals surface area contributed by atoms with Gasteiger partial charge in [0, 0.05) is 18.5 Å². The van der Waals surface area contributed by atoms with E-state index in [1.165, 1.54) is 18.2 Å². The molecule has 0 bridgehead atoms. The van der Waals surface area contributed by atoms with Crippen molar-refractivity contribution in [3.8, 4) is 11.5 Å². The van der Waals surface area contributed by atoms with E-state index in [0.717, 1.165) is 77.5 Å². The number of fused-ring (bicyclic) bond motifs is 1. The number of ether oxygens (including phenoxy) is 2. The van der Waals surface area contributed by atoms with Crippen LogP contribution in [-0.4, -0.2) is 83.4 Å². The summed E-state index contributed by atoms with van der Waals surface area (Å²) in [6.07, 6.45) is 7.91. The molecule has 1 aromatic carbocycles. The molecule has 0 aliphatic carbocycles. The Bertz CT molecular complexity index is 1160. The van der Waals surface area contributed by atoms with Crippen molar-refractivity contribution in [3.63, 3.8) is 0 Å². The van der Waals surface area contributed by atoms with Crippen LogP contribution in [0.15, 0.2) is 23.1 Å². The number of carboxylic acid groups (broad SMARTS) is 1. The summed E-state index contributed by atoms with van der Waals surface area (Å²) in [4.78, 5) is 37.2. The number of nitrogens with one attached hydrogen (secondary N) is 5. The highest BCUT2D eigenvalue weighted by Gasteiger charge is 2.28. The van der Waals surface area contributed by atoms with Crippen LogP contribution in [0.1, 0.15) is 51.4 Å². The molecule has 2 amide bonds. The minimum atomic E-state index is -4.24. The number of hydrogen-bond donors (Lipinski definition) is 6. The van der Waals surface area contributed by atoms with Crippen LogP contribution in [0.4, 0.5) is 0 Å². The van der Waals surface area contributed by atoms with E-state index in [2.05, 4.69) is 26.0 Å². The molecule has 1 atom stereocenters. The van der Waals surface area contributed by atoms with Gasteiger partial charge in [0.25, 0.3) is 0 Å². The summed E-state index contributed by atoms with van der Waals surface area (Å²) in [5, 5.41) is 21.5. The number of amides is 2. The Morgan fingerprint density at radius 1 is 0.905 bits per heavy atom. The smallest absolute Gasteiger partial charge is 0.323 e. The van der Waals surface area contributed by atoms with Gasteiger partial charge in [-0.3, -0.25) is 14.4 Å². The third-order valence-corrected chi connectivity index (χ3v) is 9.78. The van der Waals surface area contributed by atoms with E-state index in [1.807, 2.05) is 0 Å². The molecule has 1 aromatic rings. The van der Waals surface area contributed by atoms with Crippen LogP contribution < -0.4 is 35.5 Å².